The van der Waals surface area contributed by atoms with Gasteiger partial charge in [0.15, 0.2) is 10.7 Å². The Labute approximate surface area is 135 Å². The normalized spacial score (nSPS) is 12.3. The van der Waals surface area contributed by atoms with Crippen LogP contribution in [0.3, 0.4) is 0 Å². The van der Waals surface area contributed by atoms with Gasteiger partial charge in [0.25, 0.3) is 9.84 Å². The molecule has 0 N–H and O–H groups in total. The number of aromatic nitrogens is 1. The van der Waals surface area contributed by atoms with Gasteiger partial charge >= 0.3 is 5.51 Å². The van der Waals surface area contributed by atoms with Gasteiger partial charge in [-0.15, -0.1) is 0 Å². The second-order valence-corrected chi connectivity index (χ2v) is 6.75. The van der Waals surface area contributed by atoms with Gasteiger partial charge in [-0.3, -0.25) is 0 Å². The summed E-state index contributed by atoms with van der Waals surface area (Å²) in [6, 6.07) is 15.4. The molecule has 124 valence electrons. The van der Waals surface area contributed by atoms with Crippen molar-refractivity contribution in [3.05, 3.63) is 60.7 Å². The molecule has 0 radical (unpaired) electrons. The van der Waals surface area contributed by atoms with E-state index in [0.29, 0.717) is 0 Å². The summed E-state index contributed by atoms with van der Waals surface area (Å²) in [5.41, 5.74) is -5.43. The molecule has 0 aliphatic carbocycles. The lowest BCUT2D eigenvalue weighted by Gasteiger charge is -2.09. The predicted molar refractivity (Wildman–Crippen MR) is 80.6 cm³/mol. The van der Waals surface area contributed by atoms with Crippen LogP contribution in [0.4, 0.5) is 13.2 Å². The fourth-order valence-electron chi connectivity index (χ4n) is 2.20. The Kier molecular flexibility index (Phi) is 3.92. The van der Waals surface area contributed by atoms with E-state index in [0.717, 1.165) is 0 Å². The zero-order chi connectivity index (χ0) is 17.4. The van der Waals surface area contributed by atoms with Crippen molar-refractivity contribution >= 4 is 9.84 Å². The molecule has 0 saturated heterocycles. The number of nitrogens with zero attached hydrogens (tertiary/aromatic N) is 1. The maximum atomic E-state index is 13.1. The lowest BCUT2D eigenvalue weighted by Crippen LogP contribution is -2.24. The third kappa shape index (κ3) is 2.69. The van der Waals surface area contributed by atoms with E-state index in [9.17, 15) is 21.6 Å². The van der Waals surface area contributed by atoms with E-state index in [1.54, 1.807) is 36.4 Å². The third-order valence-corrected chi connectivity index (χ3v) is 4.83. The number of hydrogen-bond acceptors (Lipinski definition) is 4. The van der Waals surface area contributed by atoms with Gasteiger partial charge in [-0.1, -0.05) is 65.8 Å². The number of sulfone groups is 1. The van der Waals surface area contributed by atoms with E-state index in [1.807, 2.05) is 0 Å². The number of benzene rings is 2. The molecule has 1 aromatic heterocycles. The van der Waals surface area contributed by atoms with Gasteiger partial charge in [-0.25, -0.2) is 8.42 Å². The summed E-state index contributed by atoms with van der Waals surface area (Å²) in [4.78, 5) is -0.979. The molecule has 0 aliphatic heterocycles. The highest BCUT2D eigenvalue weighted by Gasteiger charge is 2.51. The van der Waals surface area contributed by atoms with Crippen molar-refractivity contribution in [3.63, 3.8) is 0 Å². The molecule has 0 fully saturated rings. The van der Waals surface area contributed by atoms with Gasteiger partial charge in [0.1, 0.15) is 5.69 Å². The summed E-state index contributed by atoms with van der Waals surface area (Å²) in [7, 11) is -5.65. The molecule has 1 heterocycles. The molecule has 0 unspecified atom stereocenters. The lowest BCUT2D eigenvalue weighted by molar-refractivity contribution is -0.0435. The Hall–Kier alpha value is -2.61. The van der Waals surface area contributed by atoms with E-state index in [2.05, 4.69) is 5.16 Å². The monoisotopic (exact) mass is 353 g/mol. The quantitative estimate of drug-likeness (QED) is 0.704. The van der Waals surface area contributed by atoms with Crippen LogP contribution in [-0.4, -0.2) is 19.1 Å². The Balaban J connectivity index is 2.33. The van der Waals surface area contributed by atoms with Gasteiger partial charge in [-0.2, -0.15) is 13.2 Å². The van der Waals surface area contributed by atoms with Crippen LogP contribution < -0.4 is 0 Å². The molecular weight excluding hydrogens is 343 g/mol. The lowest BCUT2D eigenvalue weighted by atomic mass is 10.1. The van der Waals surface area contributed by atoms with Gasteiger partial charge in [-0.05, 0) is 0 Å². The highest BCUT2D eigenvalue weighted by Crippen LogP contribution is 2.41. The van der Waals surface area contributed by atoms with Crippen molar-refractivity contribution in [1.82, 2.24) is 5.16 Å². The molecule has 0 amide bonds. The van der Waals surface area contributed by atoms with Crippen molar-refractivity contribution in [1.29, 1.82) is 0 Å². The topological polar surface area (TPSA) is 60.2 Å². The van der Waals surface area contributed by atoms with E-state index < -0.39 is 26.0 Å². The largest absolute Gasteiger partial charge is 0.502 e. The fourth-order valence-corrected chi connectivity index (χ4v) is 3.24. The van der Waals surface area contributed by atoms with Crippen LogP contribution in [0.1, 0.15) is 0 Å². The van der Waals surface area contributed by atoms with Crippen molar-refractivity contribution in [2.45, 2.75) is 10.4 Å². The van der Waals surface area contributed by atoms with Crippen LogP contribution in [0.5, 0.6) is 0 Å². The highest BCUT2D eigenvalue weighted by atomic mass is 32.2. The van der Waals surface area contributed by atoms with Crippen LogP contribution in [0, 0.1) is 0 Å². The van der Waals surface area contributed by atoms with E-state index >= 15 is 0 Å². The first kappa shape index (κ1) is 16.3. The molecule has 0 bridgehead atoms. The first-order valence-electron chi connectivity index (χ1n) is 6.74. The van der Waals surface area contributed by atoms with Crippen LogP contribution >= 0.6 is 0 Å². The third-order valence-electron chi connectivity index (χ3n) is 3.31. The Bertz CT molecular complexity index is 892. The maximum absolute atomic E-state index is 13.1. The Morgan fingerprint density at radius 1 is 0.833 bits per heavy atom. The summed E-state index contributed by atoms with van der Waals surface area (Å²) in [5, 5.41) is 3.59. The van der Waals surface area contributed by atoms with Crippen molar-refractivity contribution < 1.29 is 26.1 Å². The van der Waals surface area contributed by atoms with Gasteiger partial charge in [0.2, 0.25) is 0 Å². The highest BCUT2D eigenvalue weighted by molar-refractivity contribution is 7.92. The minimum Gasteiger partial charge on any atom is -0.354 e. The van der Waals surface area contributed by atoms with Gasteiger partial charge in [0, 0.05) is 11.1 Å². The molecule has 3 aromatic rings. The predicted octanol–water partition coefficient (Wildman–Crippen LogP) is 4.30. The average Bonchev–Trinajstić information content (AvgIpc) is 3.01. The standard InChI is InChI=1S/C16H10F3NO3S/c17-16(18,19)24(21,22)15-13(11-7-3-1-4-8-11)20-23-14(15)12-9-5-2-6-10-12/h1-10H. The van der Waals surface area contributed by atoms with Gasteiger partial charge in [0.05, 0.1) is 0 Å². The average molecular weight is 353 g/mol. The molecule has 24 heavy (non-hydrogen) atoms. The summed E-state index contributed by atoms with van der Waals surface area (Å²) < 4.78 is 68.5. The molecule has 3 rings (SSSR count). The SMILES string of the molecule is O=S(=O)(c1c(-c2ccccc2)noc1-c1ccccc1)C(F)(F)F. The zero-order valence-electron chi connectivity index (χ0n) is 12.0. The second-order valence-electron chi connectivity index (χ2n) is 4.87. The fraction of sp³-hybridized carbons (Fsp3) is 0.0625. The molecule has 0 atom stereocenters. The van der Waals surface area contributed by atoms with Crippen LogP contribution in [-0.2, 0) is 9.84 Å². The zero-order valence-corrected chi connectivity index (χ0v) is 12.8. The number of halogens is 3. The molecular formula is C16H10F3NO3S. The van der Waals surface area contributed by atoms with E-state index in [-0.39, 0.29) is 16.8 Å². The number of hydrogen-bond donors (Lipinski definition) is 0. The molecule has 8 heteroatoms. The summed E-state index contributed by atoms with van der Waals surface area (Å²) in [5.74, 6) is -0.438. The van der Waals surface area contributed by atoms with Crippen LogP contribution in [0.25, 0.3) is 22.6 Å². The second kappa shape index (κ2) is 5.79. The first-order valence-corrected chi connectivity index (χ1v) is 8.22. The minimum absolute atomic E-state index is 0.190. The molecule has 2 aromatic carbocycles. The first-order chi connectivity index (χ1) is 11.3. The van der Waals surface area contributed by atoms with Crippen molar-refractivity contribution in [2.24, 2.45) is 0 Å². The summed E-state index contributed by atoms with van der Waals surface area (Å²) in [6.07, 6.45) is 0. The number of alkyl halides is 3. The summed E-state index contributed by atoms with van der Waals surface area (Å²) >= 11 is 0. The van der Waals surface area contributed by atoms with E-state index in [1.165, 1.54) is 24.3 Å². The summed E-state index contributed by atoms with van der Waals surface area (Å²) in [6.45, 7) is 0. The maximum Gasteiger partial charge on any atom is 0.502 e. The Morgan fingerprint density at radius 3 is 1.83 bits per heavy atom. The molecule has 4 nitrogen and oxygen atoms in total. The van der Waals surface area contributed by atoms with Gasteiger partial charge < -0.3 is 4.52 Å². The smallest absolute Gasteiger partial charge is 0.354 e. The van der Waals surface area contributed by atoms with Crippen molar-refractivity contribution in [2.75, 3.05) is 0 Å². The van der Waals surface area contributed by atoms with Crippen LogP contribution in [0.2, 0.25) is 0 Å². The number of rotatable bonds is 3. The molecule has 0 saturated carbocycles. The van der Waals surface area contributed by atoms with Crippen molar-refractivity contribution in [3.8, 4) is 22.6 Å². The van der Waals surface area contributed by atoms with Crippen LogP contribution in [0.15, 0.2) is 70.1 Å². The molecule has 0 aliphatic rings. The Morgan fingerprint density at radius 2 is 1.33 bits per heavy atom. The molecule has 0 spiro atoms. The minimum atomic E-state index is -5.65. The van der Waals surface area contributed by atoms with E-state index in [4.69, 9.17) is 4.52 Å².